The molecule has 0 aliphatic rings. The number of nitro groups is 1. The van der Waals surface area contributed by atoms with Gasteiger partial charge < -0.3 is 10.1 Å². The fourth-order valence-electron chi connectivity index (χ4n) is 1.97. The van der Waals surface area contributed by atoms with Gasteiger partial charge in [0.05, 0.1) is 9.92 Å². The first kappa shape index (κ1) is 19.6. The Morgan fingerprint density at radius 1 is 1.23 bits per heavy atom. The Balaban J connectivity index is 2.01. The van der Waals surface area contributed by atoms with E-state index in [-0.39, 0.29) is 18.2 Å². The van der Waals surface area contributed by atoms with Crippen LogP contribution < -0.4 is 5.32 Å². The predicted octanol–water partition coefficient (Wildman–Crippen LogP) is 4.31. The van der Waals surface area contributed by atoms with Gasteiger partial charge in [0.15, 0.2) is 0 Å². The van der Waals surface area contributed by atoms with E-state index in [9.17, 15) is 19.7 Å². The number of anilines is 1. The number of carbonyl (C=O) groups excluding carboxylic acids is 2. The van der Waals surface area contributed by atoms with E-state index in [2.05, 4.69) is 5.32 Å². The first-order chi connectivity index (χ1) is 12.1. The second kappa shape index (κ2) is 7.65. The summed E-state index contributed by atoms with van der Waals surface area (Å²) in [5.41, 5.74) is 0.815. The van der Waals surface area contributed by atoms with Crippen LogP contribution in [-0.2, 0) is 16.1 Å². The predicted molar refractivity (Wildman–Crippen MR) is 99.4 cm³/mol. The number of nitrogens with one attached hydrogen (secondary N) is 1. The number of esters is 1. The van der Waals surface area contributed by atoms with Crippen molar-refractivity contribution in [3.05, 3.63) is 56.5 Å². The van der Waals surface area contributed by atoms with E-state index in [0.29, 0.717) is 21.0 Å². The standard InChI is InChI=1S/C18H20N2O5S/c1-11-9-14(19-17(22)18(2,3)4)26-15(11)16(21)25-10-12-5-7-13(8-6-12)20(23)24/h5-9H,10H2,1-4H3,(H,19,22). The van der Waals surface area contributed by atoms with Gasteiger partial charge in [-0.1, -0.05) is 20.8 Å². The maximum absolute atomic E-state index is 12.3. The Bertz CT molecular complexity index is 834. The molecule has 0 spiro atoms. The van der Waals surface area contributed by atoms with Crippen LogP contribution in [0.15, 0.2) is 30.3 Å². The summed E-state index contributed by atoms with van der Waals surface area (Å²) in [6, 6.07) is 7.54. The maximum Gasteiger partial charge on any atom is 0.348 e. The Morgan fingerprint density at radius 2 is 1.85 bits per heavy atom. The number of hydrogen-bond donors (Lipinski definition) is 1. The van der Waals surface area contributed by atoms with Crippen LogP contribution in [0.1, 0.15) is 41.6 Å². The summed E-state index contributed by atoms with van der Waals surface area (Å²) < 4.78 is 5.27. The van der Waals surface area contributed by atoms with Crippen molar-refractivity contribution in [2.24, 2.45) is 5.41 Å². The van der Waals surface area contributed by atoms with E-state index < -0.39 is 16.3 Å². The number of ether oxygens (including phenoxy) is 1. The van der Waals surface area contributed by atoms with Crippen molar-refractivity contribution >= 4 is 33.9 Å². The van der Waals surface area contributed by atoms with Gasteiger partial charge in [-0.3, -0.25) is 14.9 Å². The number of amides is 1. The van der Waals surface area contributed by atoms with Crippen molar-refractivity contribution in [2.45, 2.75) is 34.3 Å². The van der Waals surface area contributed by atoms with Gasteiger partial charge in [-0.2, -0.15) is 0 Å². The summed E-state index contributed by atoms with van der Waals surface area (Å²) in [4.78, 5) is 34.9. The Hall–Kier alpha value is -2.74. The van der Waals surface area contributed by atoms with Gasteiger partial charge in [0, 0.05) is 17.5 Å². The van der Waals surface area contributed by atoms with E-state index in [1.165, 1.54) is 12.1 Å². The third kappa shape index (κ3) is 4.89. The fourth-order valence-corrected chi connectivity index (χ4v) is 2.94. The van der Waals surface area contributed by atoms with Crippen LogP contribution >= 0.6 is 11.3 Å². The van der Waals surface area contributed by atoms with E-state index in [1.807, 2.05) is 20.8 Å². The normalized spacial score (nSPS) is 11.1. The quantitative estimate of drug-likeness (QED) is 0.476. The van der Waals surface area contributed by atoms with Crippen molar-refractivity contribution in [1.29, 1.82) is 0 Å². The molecule has 2 rings (SSSR count). The van der Waals surface area contributed by atoms with Crippen molar-refractivity contribution in [3.63, 3.8) is 0 Å². The zero-order valence-corrected chi connectivity index (χ0v) is 15.8. The SMILES string of the molecule is Cc1cc(NC(=O)C(C)(C)C)sc1C(=O)OCc1ccc([N+](=O)[O-])cc1. The second-order valence-electron chi connectivity index (χ2n) is 6.83. The molecule has 0 unspecified atom stereocenters. The van der Waals surface area contributed by atoms with Crippen LogP contribution in [0.4, 0.5) is 10.7 Å². The summed E-state index contributed by atoms with van der Waals surface area (Å²) in [5.74, 6) is -0.633. The zero-order valence-electron chi connectivity index (χ0n) is 15.0. The summed E-state index contributed by atoms with van der Waals surface area (Å²) in [5, 5.41) is 14.0. The highest BCUT2D eigenvalue weighted by Gasteiger charge is 2.23. The molecule has 1 aromatic heterocycles. The molecule has 0 aliphatic heterocycles. The van der Waals surface area contributed by atoms with Crippen LogP contribution in [-0.4, -0.2) is 16.8 Å². The molecule has 1 N–H and O–H groups in total. The monoisotopic (exact) mass is 376 g/mol. The average Bonchev–Trinajstić information content (AvgIpc) is 2.92. The number of nitrogens with zero attached hydrogens (tertiary/aromatic N) is 1. The van der Waals surface area contributed by atoms with E-state index in [1.54, 1.807) is 25.1 Å². The molecule has 1 amide bonds. The lowest BCUT2D eigenvalue weighted by Gasteiger charge is -2.16. The van der Waals surface area contributed by atoms with Crippen molar-refractivity contribution in [3.8, 4) is 0 Å². The highest BCUT2D eigenvalue weighted by atomic mass is 32.1. The number of carbonyl (C=O) groups is 2. The molecule has 0 bridgehead atoms. The fraction of sp³-hybridized carbons (Fsp3) is 0.333. The molecule has 0 fully saturated rings. The van der Waals surface area contributed by atoms with Gasteiger partial charge in [-0.25, -0.2) is 4.79 Å². The molecular formula is C18H20N2O5S. The minimum Gasteiger partial charge on any atom is -0.457 e. The minimum absolute atomic E-state index is 0.0118. The van der Waals surface area contributed by atoms with Gasteiger partial charge >= 0.3 is 5.97 Å². The molecule has 1 heterocycles. The molecule has 1 aromatic carbocycles. The molecule has 26 heavy (non-hydrogen) atoms. The smallest absolute Gasteiger partial charge is 0.348 e. The van der Waals surface area contributed by atoms with Gasteiger partial charge in [-0.15, -0.1) is 11.3 Å². The van der Waals surface area contributed by atoms with Crippen LogP contribution in [0.25, 0.3) is 0 Å². The molecule has 2 aromatic rings. The average molecular weight is 376 g/mol. The number of benzene rings is 1. The number of aryl methyl sites for hydroxylation is 1. The van der Waals surface area contributed by atoms with Gasteiger partial charge in [0.1, 0.15) is 11.5 Å². The van der Waals surface area contributed by atoms with E-state index in [0.717, 1.165) is 11.3 Å². The lowest BCUT2D eigenvalue weighted by molar-refractivity contribution is -0.384. The summed E-state index contributed by atoms with van der Waals surface area (Å²) >= 11 is 1.16. The molecule has 8 heteroatoms. The van der Waals surface area contributed by atoms with Gasteiger partial charge in [0.2, 0.25) is 5.91 Å². The number of thiophene rings is 1. The van der Waals surface area contributed by atoms with Crippen molar-refractivity contribution in [2.75, 3.05) is 5.32 Å². The summed E-state index contributed by atoms with van der Waals surface area (Å²) in [7, 11) is 0. The largest absolute Gasteiger partial charge is 0.457 e. The Kier molecular flexibility index (Phi) is 5.76. The lowest BCUT2D eigenvalue weighted by atomic mass is 9.96. The van der Waals surface area contributed by atoms with Crippen molar-refractivity contribution in [1.82, 2.24) is 0 Å². The molecule has 0 radical (unpaired) electrons. The first-order valence-electron chi connectivity index (χ1n) is 7.90. The molecular weight excluding hydrogens is 356 g/mol. The highest BCUT2D eigenvalue weighted by Crippen LogP contribution is 2.29. The molecule has 0 aliphatic carbocycles. The first-order valence-corrected chi connectivity index (χ1v) is 8.72. The minimum atomic E-state index is -0.533. The topological polar surface area (TPSA) is 98.5 Å². The van der Waals surface area contributed by atoms with E-state index in [4.69, 9.17) is 4.74 Å². The van der Waals surface area contributed by atoms with Gasteiger partial charge in [0.25, 0.3) is 5.69 Å². The van der Waals surface area contributed by atoms with Crippen LogP contribution in [0.2, 0.25) is 0 Å². The van der Waals surface area contributed by atoms with Crippen LogP contribution in [0.5, 0.6) is 0 Å². The summed E-state index contributed by atoms with van der Waals surface area (Å²) in [6.07, 6.45) is 0. The molecule has 0 atom stereocenters. The van der Waals surface area contributed by atoms with E-state index >= 15 is 0 Å². The van der Waals surface area contributed by atoms with Crippen LogP contribution in [0.3, 0.4) is 0 Å². The third-order valence-corrected chi connectivity index (χ3v) is 4.67. The molecule has 0 saturated carbocycles. The van der Waals surface area contributed by atoms with Gasteiger partial charge in [-0.05, 0) is 36.2 Å². The third-order valence-electron chi connectivity index (χ3n) is 3.54. The molecule has 138 valence electrons. The second-order valence-corrected chi connectivity index (χ2v) is 7.88. The molecule has 7 nitrogen and oxygen atoms in total. The summed E-state index contributed by atoms with van der Waals surface area (Å²) in [6.45, 7) is 7.20. The highest BCUT2D eigenvalue weighted by molar-refractivity contribution is 7.18. The number of hydrogen-bond acceptors (Lipinski definition) is 6. The van der Waals surface area contributed by atoms with Crippen LogP contribution in [0, 0.1) is 22.5 Å². The number of non-ortho nitro benzene ring substituents is 1. The Morgan fingerprint density at radius 3 is 2.38 bits per heavy atom. The Labute approximate surface area is 155 Å². The number of rotatable bonds is 5. The maximum atomic E-state index is 12.3. The van der Waals surface area contributed by atoms with Crippen molar-refractivity contribution < 1.29 is 19.2 Å². The molecule has 0 saturated heterocycles. The number of nitro benzene ring substituents is 1. The zero-order chi connectivity index (χ0) is 19.5. The lowest BCUT2D eigenvalue weighted by Crippen LogP contribution is -2.27.